The van der Waals surface area contributed by atoms with Crippen molar-refractivity contribution in [3.63, 3.8) is 0 Å². The molecule has 0 fully saturated rings. The second-order valence-corrected chi connectivity index (χ2v) is 2.93. The van der Waals surface area contributed by atoms with Crippen molar-refractivity contribution in [1.82, 2.24) is 0 Å². The predicted molar refractivity (Wildman–Crippen MR) is 71.7 cm³/mol. The van der Waals surface area contributed by atoms with Crippen LogP contribution in [0, 0.1) is 37.7 Å². The van der Waals surface area contributed by atoms with E-state index in [2.05, 4.69) is 27.7 Å². The van der Waals surface area contributed by atoms with Crippen LogP contribution in [0.1, 0.15) is 48.0 Å². The van der Waals surface area contributed by atoms with E-state index in [1.54, 1.807) is 7.11 Å². The van der Waals surface area contributed by atoms with Crippen LogP contribution in [0.3, 0.4) is 0 Å². The number of para-hydroxylation sites is 1. The summed E-state index contributed by atoms with van der Waals surface area (Å²) in [5.74, 6) is 0.910. The Bertz CT molecular complexity index is 173. The smallest absolute Gasteiger partial charge is 0.118 e. The van der Waals surface area contributed by atoms with Gasteiger partial charge in [0, 0.05) is 37.7 Å². The normalized spacial score (nSPS) is 6.56. The zero-order valence-corrected chi connectivity index (χ0v) is 11.3. The quantitative estimate of drug-likeness (QED) is 0.670. The van der Waals surface area contributed by atoms with E-state index in [1.165, 1.54) is 12.8 Å². The fourth-order valence-corrected chi connectivity index (χ4v) is 0.557. The molecular weight excluding hydrogens is 224 g/mol. The van der Waals surface area contributed by atoms with Crippen LogP contribution >= 0.6 is 0 Å². The number of ether oxygens (including phenoxy) is 1. The van der Waals surface area contributed by atoms with Gasteiger partial charge in [-0.3, -0.25) is 0 Å². The maximum absolute atomic E-state index is 4.91. The Kier molecular flexibility index (Phi) is 38.6. The molecule has 98 valence electrons. The molecule has 0 spiro atoms. The van der Waals surface area contributed by atoms with Gasteiger partial charge in [0.05, 0.1) is 7.11 Å². The first-order valence-electron chi connectivity index (χ1n) is 5.35. The molecule has 0 N–H and O–H groups in total. The molecule has 1 aromatic rings. The van der Waals surface area contributed by atoms with E-state index in [0.29, 0.717) is 0 Å². The van der Waals surface area contributed by atoms with Gasteiger partial charge in [0.1, 0.15) is 5.75 Å². The molecule has 0 aliphatic carbocycles. The summed E-state index contributed by atoms with van der Waals surface area (Å²) in [5.41, 5.74) is 0. The van der Waals surface area contributed by atoms with Crippen LogP contribution in [0.4, 0.5) is 0 Å². The average molecular weight is 252 g/mol. The second kappa shape index (κ2) is 24.5. The molecule has 0 amide bonds. The van der Waals surface area contributed by atoms with Crippen molar-refractivity contribution < 1.29 is 42.5 Å². The molecule has 0 aromatic heterocycles. The third kappa shape index (κ3) is 23.8. The van der Waals surface area contributed by atoms with Crippen LogP contribution < -0.4 is 4.74 Å². The Hall–Kier alpha value is 0.280. The van der Waals surface area contributed by atoms with Gasteiger partial charge in [-0.15, -0.1) is 0 Å². The first-order chi connectivity index (χ1) is 6.76. The van der Waals surface area contributed by atoms with E-state index in [4.69, 9.17) is 4.74 Å². The summed E-state index contributed by atoms with van der Waals surface area (Å²) in [6, 6.07) is 9.68. The Morgan fingerprint density at radius 2 is 1.19 bits per heavy atom. The fourth-order valence-electron chi connectivity index (χ4n) is 0.557. The topological polar surface area (TPSA) is 9.23 Å². The van der Waals surface area contributed by atoms with E-state index in [9.17, 15) is 0 Å². The van der Waals surface area contributed by atoms with E-state index in [0.717, 1.165) is 5.75 Å². The fraction of sp³-hybridized carbons (Fsp3) is 0.571. The SMILES string of the molecule is C.CCC.CCC.COc1ccccc1.[Ar]. The molecule has 0 bridgehead atoms. The molecule has 0 aliphatic heterocycles. The van der Waals surface area contributed by atoms with Crippen molar-refractivity contribution in [2.75, 3.05) is 7.11 Å². The van der Waals surface area contributed by atoms with Crippen molar-refractivity contribution in [1.29, 1.82) is 0 Å². The van der Waals surface area contributed by atoms with E-state index < -0.39 is 0 Å². The third-order valence-corrected chi connectivity index (χ3v) is 0.979. The second-order valence-electron chi connectivity index (χ2n) is 2.93. The molecule has 0 radical (unpaired) electrons. The number of hydrogen-bond donors (Lipinski definition) is 0. The Balaban J connectivity index is -0.0000000785. The van der Waals surface area contributed by atoms with Crippen molar-refractivity contribution in [3.05, 3.63) is 30.3 Å². The first kappa shape index (κ1) is 25.2. The number of hydrogen-bond acceptors (Lipinski definition) is 1. The van der Waals surface area contributed by atoms with Crippen LogP contribution in [0.15, 0.2) is 30.3 Å². The maximum atomic E-state index is 4.91. The molecular formula is C14H28ArO. The van der Waals surface area contributed by atoms with Crippen molar-refractivity contribution in [2.45, 2.75) is 48.0 Å². The minimum Gasteiger partial charge on any atom is -0.497 e. The van der Waals surface area contributed by atoms with Gasteiger partial charge in [-0.2, -0.15) is 0 Å². The van der Waals surface area contributed by atoms with Crippen LogP contribution in [0.2, 0.25) is 0 Å². The Morgan fingerprint density at radius 3 is 1.38 bits per heavy atom. The number of methoxy groups -OCH3 is 1. The molecule has 0 unspecified atom stereocenters. The molecule has 2 heteroatoms. The van der Waals surface area contributed by atoms with Gasteiger partial charge in [-0.05, 0) is 12.1 Å². The summed E-state index contributed by atoms with van der Waals surface area (Å²) < 4.78 is 4.91. The zero-order valence-electron chi connectivity index (χ0n) is 10.6. The van der Waals surface area contributed by atoms with Gasteiger partial charge in [0.25, 0.3) is 0 Å². The molecule has 0 aliphatic rings. The van der Waals surface area contributed by atoms with Gasteiger partial charge in [0.15, 0.2) is 0 Å². The van der Waals surface area contributed by atoms with E-state index >= 15 is 0 Å². The van der Waals surface area contributed by atoms with Crippen LogP contribution in [0.5, 0.6) is 5.75 Å². The molecule has 16 heavy (non-hydrogen) atoms. The summed E-state index contributed by atoms with van der Waals surface area (Å²) >= 11 is 0. The molecule has 0 saturated heterocycles. The molecule has 0 saturated carbocycles. The van der Waals surface area contributed by atoms with Crippen molar-refractivity contribution >= 4 is 0 Å². The van der Waals surface area contributed by atoms with Crippen molar-refractivity contribution in [3.8, 4) is 5.75 Å². The molecule has 1 nitrogen and oxygen atoms in total. The average Bonchev–Trinajstić information content (AvgIpc) is 2.21. The summed E-state index contributed by atoms with van der Waals surface area (Å²) in [5, 5.41) is 0. The Morgan fingerprint density at radius 1 is 0.875 bits per heavy atom. The minimum absolute atomic E-state index is 0. The minimum atomic E-state index is 0. The summed E-state index contributed by atoms with van der Waals surface area (Å²) in [4.78, 5) is 0. The van der Waals surface area contributed by atoms with Crippen LogP contribution in [0.25, 0.3) is 0 Å². The molecule has 1 rings (SSSR count). The monoisotopic (exact) mass is 252 g/mol. The molecule has 0 atom stereocenters. The van der Waals surface area contributed by atoms with Gasteiger partial charge < -0.3 is 4.74 Å². The van der Waals surface area contributed by atoms with Gasteiger partial charge in [0.2, 0.25) is 0 Å². The van der Waals surface area contributed by atoms with Crippen LogP contribution in [-0.2, 0) is 0 Å². The first-order valence-corrected chi connectivity index (χ1v) is 5.35. The molecule has 1 aromatic carbocycles. The Labute approximate surface area is 133 Å². The molecule has 0 heterocycles. The van der Waals surface area contributed by atoms with E-state index in [-0.39, 0.29) is 45.2 Å². The van der Waals surface area contributed by atoms with Crippen molar-refractivity contribution in [2.24, 2.45) is 0 Å². The third-order valence-electron chi connectivity index (χ3n) is 0.979. The van der Waals surface area contributed by atoms with Crippen LogP contribution in [-0.4, -0.2) is 7.11 Å². The van der Waals surface area contributed by atoms with Gasteiger partial charge in [-0.1, -0.05) is 66.2 Å². The summed E-state index contributed by atoms with van der Waals surface area (Å²) in [6.07, 6.45) is 2.50. The zero-order chi connectivity index (χ0) is 11.2. The van der Waals surface area contributed by atoms with E-state index in [1.807, 2.05) is 30.3 Å². The van der Waals surface area contributed by atoms with Gasteiger partial charge in [-0.25, -0.2) is 0 Å². The summed E-state index contributed by atoms with van der Waals surface area (Å²) in [6.45, 7) is 8.50. The maximum Gasteiger partial charge on any atom is 0.118 e. The standard InChI is InChI=1S/C7H8O.2C3H8.CH4.Ar/c1-8-7-5-3-2-4-6-7;2*1-3-2;;/h2-6H,1H3;2*3H2,1-2H3;1H4;. The number of rotatable bonds is 1. The number of benzene rings is 1. The van der Waals surface area contributed by atoms with Gasteiger partial charge >= 0.3 is 0 Å². The predicted octanol–water partition coefficient (Wildman–Crippen LogP) is 5.16. The summed E-state index contributed by atoms with van der Waals surface area (Å²) in [7, 11) is 1.66. The largest absolute Gasteiger partial charge is 0.497 e.